The second kappa shape index (κ2) is 11.1. The van der Waals surface area contributed by atoms with Crippen LogP contribution in [0, 0.1) is 17.5 Å². The summed E-state index contributed by atoms with van der Waals surface area (Å²) in [5.74, 6) is -3.68. The minimum Gasteiger partial charge on any atom is -0.361 e. The van der Waals surface area contributed by atoms with Gasteiger partial charge in [0.2, 0.25) is 5.91 Å². The lowest BCUT2D eigenvalue weighted by Crippen LogP contribution is -2.55. The van der Waals surface area contributed by atoms with Gasteiger partial charge in [-0.1, -0.05) is 25.1 Å². The average molecular weight is 511 g/mol. The summed E-state index contributed by atoms with van der Waals surface area (Å²) in [6.07, 6.45) is 8.78. The quantitative estimate of drug-likeness (QED) is 0.342. The van der Waals surface area contributed by atoms with Crippen molar-refractivity contribution in [1.82, 2.24) is 19.9 Å². The number of halogens is 3. The van der Waals surface area contributed by atoms with Gasteiger partial charge in [-0.3, -0.25) is 4.79 Å². The van der Waals surface area contributed by atoms with E-state index in [-0.39, 0.29) is 11.5 Å². The molecule has 0 bridgehead atoms. The van der Waals surface area contributed by atoms with Gasteiger partial charge in [0.15, 0.2) is 17.5 Å². The Labute approximate surface area is 215 Å². The summed E-state index contributed by atoms with van der Waals surface area (Å²) in [5, 5.41) is 6.30. The molecule has 1 amide bonds. The zero-order chi connectivity index (χ0) is 25.9. The molecule has 1 aromatic heterocycles. The van der Waals surface area contributed by atoms with Crippen LogP contribution >= 0.6 is 0 Å². The molecule has 0 aliphatic carbocycles. The summed E-state index contributed by atoms with van der Waals surface area (Å²) in [4.78, 5) is 17.8. The molecule has 3 heterocycles. The number of rotatable bonds is 6. The summed E-state index contributed by atoms with van der Waals surface area (Å²) in [6.45, 7) is 6.41. The maximum absolute atomic E-state index is 13.4. The fourth-order valence-corrected chi connectivity index (χ4v) is 5.88. The van der Waals surface area contributed by atoms with Gasteiger partial charge in [-0.2, -0.15) is 0 Å². The lowest BCUT2D eigenvalue weighted by Gasteiger charge is -2.46. The first-order chi connectivity index (χ1) is 17.9. The number of hydrogen-bond acceptors (Lipinski definition) is 3. The van der Waals surface area contributed by atoms with Crippen LogP contribution in [-0.2, 0) is 4.79 Å². The molecule has 196 valence electrons. The van der Waals surface area contributed by atoms with Crippen molar-refractivity contribution in [2.24, 2.45) is 0 Å². The van der Waals surface area contributed by atoms with Gasteiger partial charge in [-0.15, -0.1) is 0 Å². The number of piperidine rings is 2. The molecule has 2 aromatic carbocycles. The van der Waals surface area contributed by atoms with E-state index >= 15 is 0 Å². The van der Waals surface area contributed by atoms with Gasteiger partial charge in [0.1, 0.15) is 0 Å². The summed E-state index contributed by atoms with van der Waals surface area (Å²) < 4.78 is 40.0. The maximum Gasteiger partial charge on any atom is 0.246 e. The first-order valence-electron chi connectivity index (χ1n) is 13.1. The lowest BCUT2D eigenvalue weighted by atomic mass is 9.89. The Balaban J connectivity index is 1.14. The van der Waals surface area contributed by atoms with E-state index in [4.69, 9.17) is 0 Å². The fraction of sp³-hybridized carbons (Fsp3) is 0.414. The molecule has 2 saturated heterocycles. The Morgan fingerprint density at radius 1 is 1.03 bits per heavy atom. The third kappa shape index (κ3) is 5.45. The highest BCUT2D eigenvalue weighted by Gasteiger charge is 2.31. The average Bonchev–Trinajstić information content (AvgIpc) is 3.36. The fourth-order valence-electron chi connectivity index (χ4n) is 5.88. The minimum atomic E-state index is -1.51. The van der Waals surface area contributed by atoms with Gasteiger partial charge < -0.3 is 9.88 Å². The summed E-state index contributed by atoms with van der Waals surface area (Å²) in [5.41, 5.74) is 2.74. The van der Waals surface area contributed by atoms with E-state index in [1.54, 1.807) is 4.90 Å². The molecule has 0 unspecified atom stereocenters. The number of nitrogens with zero attached hydrogens (tertiary/aromatic N) is 3. The first-order valence-corrected chi connectivity index (χ1v) is 13.1. The van der Waals surface area contributed by atoms with Crippen LogP contribution in [0.15, 0.2) is 48.7 Å². The molecule has 1 N–H and O–H groups in total. The molecule has 8 heteroatoms. The van der Waals surface area contributed by atoms with E-state index in [0.29, 0.717) is 25.0 Å². The number of nitrogens with one attached hydrogen (secondary N) is 1. The van der Waals surface area contributed by atoms with E-state index in [1.165, 1.54) is 28.6 Å². The number of para-hydroxylation sites is 1. The van der Waals surface area contributed by atoms with Gasteiger partial charge in [-0.25, -0.2) is 23.2 Å². The number of hydrazine groups is 1. The van der Waals surface area contributed by atoms with E-state index in [2.05, 4.69) is 52.4 Å². The van der Waals surface area contributed by atoms with Crippen molar-refractivity contribution in [1.29, 1.82) is 0 Å². The molecule has 2 fully saturated rings. The number of likely N-dealkylation sites (tertiary alicyclic amines) is 1. The molecule has 0 spiro atoms. The van der Waals surface area contributed by atoms with Crippen LogP contribution in [0.25, 0.3) is 17.0 Å². The smallest absolute Gasteiger partial charge is 0.246 e. The first kappa shape index (κ1) is 25.5. The van der Waals surface area contributed by atoms with E-state index < -0.39 is 17.5 Å². The van der Waals surface area contributed by atoms with E-state index in [1.807, 2.05) is 0 Å². The monoisotopic (exact) mass is 510 g/mol. The van der Waals surface area contributed by atoms with Crippen LogP contribution in [0.4, 0.5) is 13.2 Å². The molecule has 3 aromatic rings. The predicted octanol–water partition coefficient (Wildman–Crippen LogP) is 5.71. The Morgan fingerprint density at radius 3 is 2.38 bits per heavy atom. The Bertz CT molecular complexity index is 1250. The van der Waals surface area contributed by atoms with Crippen LogP contribution < -0.4 is 0 Å². The molecule has 5 nitrogen and oxygen atoms in total. The van der Waals surface area contributed by atoms with Crippen LogP contribution in [0.3, 0.4) is 0 Å². The topological polar surface area (TPSA) is 42.6 Å². The summed E-state index contributed by atoms with van der Waals surface area (Å²) in [7, 11) is 0. The van der Waals surface area contributed by atoms with E-state index in [0.717, 1.165) is 57.5 Å². The zero-order valence-corrected chi connectivity index (χ0v) is 21.1. The Morgan fingerprint density at radius 2 is 1.70 bits per heavy atom. The van der Waals surface area contributed by atoms with Gasteiger partial charge >= 0.3 is 0 Å². The third-order valence-electron chi connectivity index (χ3n) is 7.84. The number of carbonyl (C=O) groups excluding carboxylic acids is 1. The SMILES string of the molecule is CCN(C1CCN(C(=O)C=Cc2cc(F)c(F)c(F)c2)CC1)N1CCC(c2c[nH]c3ccccc23)CC1. The lowest BCUT2D eigenvalue weighted by molar-refractivity contribution is -0.130. The summed E-state index contributed by atoms with van der Waals surface area (Å²) >= 11 is 0. The molecule has 2 aliphatic rings. The molecule has 0 atom stereocenters. The normalized spacial score (nSPS) is 18.5. The molecule has 0 radical (unpaired) electrons. The van der Waals surface area contributed by atoms with Gasteiger partial charge in [0.25, 0.3) is 0 Å². The number of amides is 1. The largest absolute Gasteiger partial charge is 0.361 e. The van der Waals surface area contributed by atoms with Crippen molar-refractivity contribution in [3.63, 3.8) is 0 Å². The van der Waals surface area contributed by atoms with Gasteiger partial charge in [0.05, 0.1) is 0 Å². The third-order valence-corrected chi connectivity index (χ3v) is 7.84. The van der Waals surface area contributed by atoms with Crippen molar-refractivity contribution in [3.05, 3.63) is 77.2 Å². The van der Waals surface area contributed by atoms with Crippen molar-refractivity contribution in [2.45, 2.75) is 44.6 Å². The highest BCUT2D eigenvalue weighted by atomic mass is 19.2. The minimum absolute atomic E-state index is 0.118. The number of fused-ring (bicyclic) bond motifs is 1. The molecule has 0 saturated carbocycles. The van der Waals surface area contributed by atoms with Gasteiger partial charge in [0, 0.05) is 61.9 Å². The number of H-pyrrole nitrogens is 1. The Kier molecular flexibility index (Phi) is 7.67. The van der Waals surface area contributed by atoms with Crippen molar-refractivity contribution in [3.8, 4) is 0 Å². The highest BCUT2D eigenvalue weighted by molar-refractivity contribution is 5.91. The number of aromatic nitrogens is 1. The molecule has 5 rings (SSSR count). The number of aromatic amines is 1. The Hall–Kier alpha value is -3.10. The molecular formula is C29H33F3N4O. The van der Waals surface area contributed by atoms with Crippen LogP contribution in [0.5, 0.6) is 0 Å². The van der Waals surface area contributed by atoms with Crippen LogP contribution in [0.2, 0.25) is 0 Å². The molecule has 2 aliphatic heterocycles. The standard InChI is InChI=1S/C29H33F3N4O/c1-2-36(35-15-9-21(10-16-35)24-19-33-27-6-4-3-5-23(24)27)22-11-13-34(14-12-22)28(37)8-7-20-17-25(30)29(32)26(31)18-20/h3-8,17-19,21-22,33H,2,9-16H2,1H3. The van der Waals surface area contributed by atoms with Crippen molar-refractivity contribution >= 4 is 22.9 Å². The van der Waals surface area contributed by atoms with Gasteiger partial charge in [-0.05, 0) is 67.0 Å². The second-order valence-corrected chi connectivity index (χ2v) is 9.96. The number of hydrogen-bond donors (Lipinski definition) is 1. The van der Waals surface area contributed by atoms with E-state index in [9.17, 15) is 18.0 Å². The second-order valence-electron chi connectivity index (χ2n) is 9.96. The van der Waals surface area contributed by atoms with Crippen LogP contribution in [-0.4, -0.2) is 64.6 Å². The predicted molar refractivity (Wildman–Crippen MR) is 139 cm³/mol. The maximum atomic E-state index is 13.4. The molecular weight excluding hydrogens is 477 g/mol. The number of benzene rings is 2. The highest BCUT2D eigenvalue weighted by Crippen LogP contribution is 2.34. The van der Waals surface area contributed by atoms with Crippen LogP contribution in [0.1, 0.15) is 49.7 Å². The number of carbonyl (C=O) groups is 1. The van der Waals surface area contributed by atoms with Crippen molar-refractivity contribution in [2.75, 3.05) is 32.7 Å². The molecule has 37 heavy (non-hydrogen) atoms. The van der Waals surface area contributed by atoms with Crippen molar-refractivity contribution < 1.29 is 18.0 Å². The zero-order valence-electron chi connectivity index (χ0n) is 21.1. The summed E-state index contributed by atoms with van der Waals surface area (Å²) in [6, 6.07) is 10.6.